The molecule has 0 spiro atoms. The summed E-state index contributed by atoms with van der Waals surface area (Å²) in [5.74, 6) is 1.43. The lowest BCUT2D eigenvalue weighted by atomic mass is 9.92. The second-order valence-electron chi connectivity index (χ2n) is 10.7. The predicted octanol–water partition coefficient (Wildman–Crippen LogP) is 4.57. The molecule has 2 aliphatic heterocycles. The zero-order chi connectivity index (χ0) is 28.8. The number of ketones is 1. The van der Waals surface area contributed by atoms with Crippen molar-refractivity contribution in [3.05, 3.63) is 65.1 Å². The van der Waals surface area contributed by atoms with Crippen molar-refractivity contribution in [2.24, 2.45) is 5.92 Å². The van der Waals surface area contributed by atoms with Crippen molar-refractivity contribution in [3.8, 4) is 5.75 Å². The Labute approximate surface area is 240 Å². The van der Waals surface area contributed by atoms with Gasteiger partial charge in [0.25, 0.3) is 0 Å². The van der Waals surface area contributed by atoms with Crippen LogP contribution in [0.3, 0.4) is 0 Å². The number of rotatable bonds is 11. The number of methoxy groups -OCH3 is 1. The van der Waals surface area contributed by atoms with Crippen LogP contribution in [-0.4, -0.2) is 65.1 Å². The summed E-state index contributed by atoms with van der Waals surface area (Å²) in [4.78, 5) is 41.1. The minimum atomic E-state index is -1.03. The molecule has 0 unspecified atom stereocenters. The number of hydrogen-bond donors (Lipinski definition) is 3. The molecule has 3 aromatic rings. The molecule has 10 heteroatoms. The molecule has 1 aromatic carbocycles. The average Bonchev–Trinajstić information content (AvgIpc) is 3.02. The second kappa shape index (κ2) is 13.0. The number of carboxylic acids is 1. The first-order valence-electron chi connectivity index (χ1n) is 14.4. The molecule has 41 heavy (non-hydrogen) atoms. The topological polar surface area (TPSA) is 130 Å². The van der Waals surface area contributed by atoms with E-state index in [1.165, 1.54) is 11.9 Å². The summed E-state index contributed by atoms with van der Waals surface area (Å²) in [7, 11) is 1.56. The Balaban J connectivity index is 1.22. The number of carbonyl (C=O) groups excluding carboxylic acids is 1. The van der Waals surface area contributed by atoms with Gasteiger partial charge in [0.15, 0.2) is 5.78 Å². The Morgan fingerprint density at radius 3 is 2.63 bits per heavy atom. The van der Waals surface area contributed by atoms with Crippen LogP contribution in [0.1, 0.15) is 65.7 Å². The molecule has 216 valence electrons. The Morgan fingerprint density at radius 1 is 1.15 bits per heavy atom. The number of fused-ring (bicyclic) bond motifs is 1. The van der Waals surface area contributed by atoms with E-state index in [-0.39, 0.29) is 18.7 Å². The normalized spacial score (nSPS) is 15.9. The van der Waals surface area contributed by atoms with Crippen LogP contribution in [0.4, 0.5) is 17.5 Å². The van der Waals surface area contributed by atoms with Crippen molar-refractivity contribution in [1.29, 1.82) is 0 Å². The zero-order valence-corrected chi connectivity index (χ0v) is 23.7. The molecular formula is C31H38N6O4. The van der Waals surface area contributed by atoms with E-state index in [9.17, 15) is 14.7 Å². The third kappa shape index (κ3) is 6.58. The first-order valence-corrected chi connectivity index (χ1v) is 14.4. The molecule has 2 aliphatic rings. The maximum Gasteiger partial charge on any atom is 0.308 e. The van der Waals surface area contributed by atoms with E-state index < -0.39 is 11.9 Å². The summed E-state index contributed by atoms with van der Waals surface area (Å²) in [5.41, 5.74) is 3.87. The number of piperidine rings is 1. The van der Waals surface area contributed by atoms with Crippen LogP contribution in [0.2, 0.25) is 0 Å². The maximum atomic E-state index is 12.8. The highest BCUT2D eigenvalue weighted by atomic mass is 16.5. The van der Waals surface area contributed by atoms with E-state index in [1.54, 1.807) is 31.4 Å². The molecule has 3 N–H and O–H groups in total. The lowest BCUT2D eigenvalue weighted by molar-refractivity contribution is -0.141. The SMILES string of the molecule is CCc1c(NC[C@H](CC(=O)c2ccc(OC)cc2)C(=O)O)ncnc1N1CCC(c2ccc3c(n2)NCCC3)CC1. The van der Waals surface area contributed by atoms with Gasteiger partial charge in [0, 0.05) is 55.3 Å². The van der Waals surface area contributed by atoms with E-state index in [0.29, 0.717) is 29.5 Å². The van der Waals surface area contributed by atoms with Gasteiger partial charge in [0.2, 0.25) is 0 Å². The maximum absolute atomic E-state index is 12.8. The number of anilines is 3. The van der Waals surface area contributed by atoms with Gasteiger partial charge in [-0.25, -0.2) is 15.0 Å². The van der Waals surface area contributed by atoms with Gasteiger partial charge in [-0.2, -0.15) is 0 Å². The molecule has 0 bridgehead atoms. The minimum absolute atomic E-state index is 0.0841. The Morgan fingerprint density at radius 2 is 1.93 bits per heavy atom. The quantitative estimate of drug-likeness (QED) is 0.288. The number of nitrogens with one attached hydrogen (secondary N) is 2. The smallest absolute Gasteiger partial charge is 0.308 e. The van der Waals surface area contributed by atoms with Crippen LogP contribution in [0.5, 0.6) is 5.75 Å². The molecule has 1 saturated heterocycles. The summed E-state index contributed by atoms with van der Waals surface area (Å²) < 4.78 is 5.14. The molecule has 1 atom stereocenters. The van der Waals surface area contributed by atoms with Crippen LogP contribution < -0.4 is 20.3 Å². The molecule has 5 rings (SSSR count). The summed E-state index contributed by atoms with van der Waals surface area (Å²) in [6.45, 7) is 4.83. The highest BCUT2D eigenvalue weighted by molar-refractivity contribution is 5.98. The van der Waals surface area contributed by atoms with Gasteiger partial charge in [-0.05, 0) is 68.0 Å². The number of aliphatic carboxylic acids is 1. The number of carboxylic acid groups (broad SMARTS) is 1. The Bertz CT molecular complexity index is 1370. The molecule has 2 aromatic heterocycles. The molecule has 4 heterocycles. The summed E-state index contributed by atoms with van der Waals surface area (Å²) in [6.07, 6.45) is 6.31. The van der Waals surface area contributed by atoms with Crippen LogP contribution >= 0.6 is 0 Å². The largest absolute Gasteiger partial charge is 0.497 e. The van der Waals surface area contributed by atoms with Gasteiger partial charge in [-0.3, -0.25) is 9.59 Å². The van der Waals surface area contributed by atoms with Crippen molar-refractivity contribution >= 4 is 29.2 Å². The number of aromatic nitrogens is 3. The average molecular weight is 559 g/mol. The highest BCUT2D eigenvalue weighted by Gasteiger charge is 2.27. The first-order chi connectivity index (χ1) is 20.0. The lowest BCUT2D eigenvalue weighted by Gasteiger charge is -2.34. The molecule has 1 fully saturated rings. The number of benzene rings is 1. The molecule has 0 saturated carbocycles. The molecule has 0 aliphatic carbocycles. The fourth-order valence-corrected chi connectivity index (χ4v) is 5.70. The van der Waals surface area contributed by atoms with Gasteiger partial charge < -0.3 is 25.4 Å². The third-order valence-electron chi connectivity index (χ3n) is 8.11. The number of pyridine rings is 1. The second-order valence-corrected chi connectivity index (χ2v) is 10.7. The molecule has 0 radical (unpaired) electrons. The Hall–Kier alpha value is -4.21. The standard InChI is InChI=1S/C31H38N6O4/c1-3-25-29(33-18-23(31(39)40)17-27(38)21-6-9-24(41-2)10-7-21)34-19-35-30(25)37-15-12-20(13-16-37)26-11-8-22-5-4-14-32-28(22)36-26/h6-11,19-20,23H,3-5,12-18H2,1-2H3,(H,32,36)(H,39,40)(H,33,34,35)/t23-/m0/s1. The fourth-order valence-electron chi connectivity index (χ4n) is 5.70. The lowest BCUT2D eigenvalue weighted by Crippen LogP contribution is -2.35. The number of Topliss-reactive ketones (excluding diaryl/α,β-unsaturated/α-hetero) is 1. The minimum Gasteiger partial charge on any atom is -0.497 e. The Kier molecular flexibility index (Phi) is 8.96. The summed E-state index contributed by atoms with van der Waals surface area (Å²) >= 11 is 0. The van der Waals surface area contributed by atoms with E-state index in [2.05, 4.69) is 37.6 Å². The molecular weight excluding hydrogens is 520 g/mol. The van der Waals surface area contributed by atoms with Crippen LogP contribution in [0.25, 0.3) is 0 Å². The van der Waals surface area contributed by atoms with Crippen molar-refractivity contribution in [2.45, 2.75) is 51.4 Å². The van der Waals surface area contributed by atoms with Crippen molar-refractivity contribution in [2.75, 3.05) is 48.8 Å². The van der Waals surface area contributed by atoms with Gasteiger partial charge in [-0.15, -0.1) is 0 Å². The predicted molar refractivity (Wildman–Crippen MR) is 158 cm³/mol. The van der Waals surface area contributed by atoms with Crippen LogP contribution in [-0.2, 0) is 17.6 Å². The summed E-state index contributed by atoms with van der Waals surface area (Å²) in [6, 6.07) is 11.1. The highest BCUT2D eigenvalue weighted by Crippen LogP contribution is 2.33. The van der Waals surface area contributed by atoms with Gasteiger partial charge in [-0.1, -0.05) is 13.0 Å². The number of aryl methyl sites for hydroxylation is 1. The van der Waals surface area contributed by atoms with Crippen molar-refractivity contribution in [1.82, 2.24) is 15.0 Å². The monoisotopic (exact) mass is 558 g/mol. The number of hydrogen-bond acceptors (Lipinski definition) is 9. The summed E-state index contributed by atoms with van der Waals surface area (Å²) in [5, 5.41) is 16.5. The van der Waals surface area contributed by atoms with Gasteiger partial charge in [0.05, 0.1) is 13.0 Å². The zero-order valence-electron chi connectivity index (χ0n) is 23.7. The number of nitrogens with zero attached hydrogens (tertiary/aromatic N) is 4. The van der Waals surface area contributed by atoms with E-state index >= 15 is 0 Å². The van der Waals surface area contributed by atoms with E-state index in [0.717, 1.165) is 68.2 Å². The van der Waals surface area contributed by atoms with Gasteiger partial charge in [0.1, 0.15) is 29.5 Å². The first kappa shape index (κ1) is 28.3. The van der Waals surface area contributed by atoms with Crippen LogP contribution in [0.15, 0.2) is 42.7 Å². The van der Waals surface area contributed by atoms with Crippen LogP contribution in [0, 0.1) is 5.92 Å². The van der Waals surface area contributed by atoms with Crippen molar-refractivity contribution in [3.63, 3.8) is 0 Å². The van der Waals surface area contributed by atoms with E-state index in [4.69, 9.17) is 9.72 Å². The van der Waals surface area contributed by atoms with Gasteiger partial charge >= 0.3 is 5.97 Å². The number of carbonyl (C=O) groups is 2. The number of ether oxygens (including phenoxy) is 1. The van der Waals surface area contributed by atoms with E-state index in [1.807, 2.05) is 6.92 Å². The fraction of sp³-hybridized carbons (Fsp3) is 0.452. The van der Waals surface area contributed by atoms with Crippen molar-refractivity contribution < 1.29 is 19.4 Å². The molecule has 10 nitrogen and oxygen atoms in total. The third-order valence-corrected chi connectivity index (χ3v) is 8.11. The molecule has 0 amide bonds.